The van der Waals surface area contributed by atoms with E-state index < -0.39 is 36.2 Å². The van der Waals surface area contributed by atoms with Gasteiger partial charge >= 0.3 is 0 Å². The average molecular weight is 453 g/mol. The maximum atomic E-state index is 12.5. The highest BCUT2D eigenvalue weighted by molar-refractivity contribution is 7.98. The first-order chi connectivity index (χ1) is 14.2. The monoisotopic (exact) mass is 452 g/mol. The summed E-state index contributed by atoms with van der Waals surface area (Å²) < 4.78 is 3.81. The van der Waals surface area contributed by atoms with Crippen LogP contribution in [0.3, 0.4) is 0 Å². The number of aliphatic hydroxyl groups is 2. The fourth-order valence-electron chi connectivity index (χ4n) is 4.54. The summed E-state index contributed by atoms with van der Waals surface area (Å²) >= 11 is 2.95. The van der Waals surface area contributed by atoms with Crippen LogP contribution in [0.4, 0.5) is 0 Å². The van der Waals surface area contributed by atoms with Gasteiger partial charge in [-0.05, 0) is 25.7 Å². The molecule has 9 nitrogen and oxygen atoms in total. The lowest BCUT2D eigenvalue weighted by atomic mass is 9.81. The van der Waals surface area contributed by atoms with Crippen LogP contribution < -0.4 is 15.4 Å². The fourth-order valence-corrected chi connectivity index (χ4v) is 6.72. The first kappa shape index (κ1) is 21.3. The largest absolute Gasteiger partial charge is 0.548 e. The van der Waals surface area contributed by atoms with Crippen molar-refractivity contribution in [3.05, 3.63) is 23.0 Å². The first-order valence-electron chi connectivity index (χ1n) is 9.59. The van der Waals surface area contributed by atoms with Crippen molar-refractivity contribution in [1.82, 2.24) is 9.30 Å². The number of thiazole rings is 1. The molecule has 30 heavy (non-hydrogen) atoms. The number of carboxylic acids is 1. The Morgan fingerprint density at radius 2 is 2.17 bits per heavy atom. The van der Waals surface area contributed by atoms with Crippen LogP contribution in [0.5, 0.6) is 0 Å². The summed E-state index contributed by atoms with van der Waals surface area (Å²) in [5.41, 5.74) is 6.87. The van der Waals surface area contributed by atoms with Gasteiger partial charge in [-0.2, -0.15) is 4.40 Å². The number of imidazole rings is 1. The van der Waals surface area contributed by atoms with Crippen molar-refractivity contribution < 1.29 is 29.5 Å². The number of aliphatic hydroxyl groups excluding tert-OH is 2. The van der Waals surface area contributed by atoms with Crippen LogP contribution in [-0.2, 0) is 16.1 Å². The minimum Gasteiger partial charge on any atom is -0.548 e. The molecular weight excluding hydrogens is 428 g/mol. The van der Waals surface area contributed by atoms with Crippen LogP contribution in [0.15, 0.2) is 23.1 Å². The molecule has 4 rings (SSSR count). The minimum atomic E-state index is -1.33. The molecule has 11 heteroatoms. The van der Waals surface area contributed by atoms with Crippen LogP contribution >= 0.6 is 23.1 Å². The van der Waals surface area contributed by atoms with Crippen LogP contribution in [0.25, 0.3) is 10.4 Å². The quantitative estimate of drug-likeness (QED) is 0.263. The highest BCUT2D eigenvalue weighted by Crippen LogP contribution is 2.49. The number of rotatable bonds is 7. The van der Waals surface area contributed by atoms with Crippen molar-refractivity contribution in [2.75, 3.05) is 12.8 Å². The van der Waals surface area contributed by atoms with Gasteiger partial charge in [-0.1, -0.05) is 23.1 Å². The number of hydrogen-bond acceptors (Lipinski definition) is 8. The van der Waals surface area contributed by atoms with Crippen LogP contribution in [-0.4, -0.2) is 68.5 Å². The number of carbonyl (C=O) groups excluding carboxylic acids is 2. The Kier molecular flexibility index (Phi) is 5.43. The molecule has 2 aromatic heterocycles. The second kappa shape index (κ2) is 7.65. The number of nitrogens with zero attached hydrogens (tertiary/aromatic N) is 3. The van der Waals surface area contributed by atoms with Gasteiger partial charge in [0.2, 0.25) is 15.8 Å². The van der Waals surface area contributed by atoms with E-state index in [9.17, 15) is 24.9 Å². The molecule has 1 unspecified atom stereocenters. The van der Waals surface area contributed by atoms with Gasteiger partial charge in [-0.15, -0.1) is 0 Å². The van der Waals surface area contributed by atoms with Crippen molar-refractivity contribution in [1.29, 1.82) is 0 Å². The van der Waals surface area contributed by atoms with E-state index >= 15 is 0 Å². The van der Waals surface area contributed by atoms with Gasteiger partial charge in [0.1, 0.15) is 18.8 Å². The molecule has 162 valence electrons. The first-order valence-corrected chi connectivity index (χ1v) is 11.6. The number of nitrogens with two attached hydrogens (primary N) is 1. The fraction of sp³-hybridized carbons (Fsp3) is 0.526. The summed E-state index contributed by atoms with van der Waals surface area (Å²) in [4.78, 5) is 27.5. The highest BCUT2D eigenvalue weighted by Gasteiger charge is 2.58. The predicted octanol–water partition coefficient (Wildman–Crippen LogP) is -1.56. The maximum absolute atomic E-state index is 12.5. The maximum Gasteiger partial charge on any atom is 0.250 e. The molecule has 5 atom stereocenters. The van der Waals surface area contributed by atoms with Crippen molar-refractivity contribution in [3.8, 4) is 0 Å². The molecule has 1 fully saturated rings. The molecule has 0 bridgehead atoms. The second-order valence-corrected chi connectivity index (χ2v) is 9.58. The molecule has 2 aliphatic heterocycles. The normalized spacial score (nSPS) is 25.6. The highest BCUT2D eigenvalue weighted by atomic mass is 32.2. The summed E-state index contributed by atoms with van der Waals surface area (Å²) in [5.74, 6) is -2.31. The number of aromatic nitrogens is 2. The van der Waals surface area contributed by atoms with E-state index in [1.807, 2.05) is 34.7 Å². The van der Waals surface area contributed by atoms with Crippen LogP contribution in [0.2, 0.25) is 0 Å². The van der Waals surface area contributed by atoms with Crippen LogP contribution in [0, 0.1) is 5.92 Å². The Bertz CT molecular complexity index is 1060. The lowest BCUT2D eigenvalue weighted by molar-refractivity contribution is -0.735. The second-order valence-electron chi connectivity index (χ2n) is 7.75. The van der Waals surface area contributed by atoms with E-state index in [2.05, 4.69) is 0 Å². The number of carboxylic acid groups (broad SMARTS) is 1. The van der Waals surface area contributed by atoms with Gasteiger partial charge in [0.25, 0.3) is 6.33 Å². The molecule has 2 aromatic rings. The van der Waals surface area contributed by atoms with E-state index in [0.29, 0.717) is 12.1 Å². The van der Waals surface area contributed by atoms with Crippen molar-refractivity contribution >= 4 is 45.4 Å². The Morgan fingerprint density at radius 1 is 1.47 bits per heavy atom. The van der Waals surface area contributed by atoms with Gasteiger partial charge in [-0.25, -0.2) is 4.57 Å². The molecule has 2 aliphatic rings. The Hall–Kier alpha value is -1.92. The number of β-lactam (4-membered cyclic amide) rings is 1. The van der Waals surface area contributed by atoms with Crippen molar-refractivity contribution in [2.45, 2.75) is 49.7 Å². The summed E-state index contributed by atoms with van der Waals surface area (Å²) in [6.45, 7) is 3.89. The van der Waals surface area contributed by atoms with E-state index in [4.69, 9.17) is 5.73 Å². The molecule has 4 N–H and O–H groups in total. The minimum absolute atomic E-state index is 0.157. The summed E-state index contributed by atoms with van der Waals surface area (Å²) in [5, 5.41) is 32.8. The molecule has 0 aliphatic carbocycles. The number of aliphatic carboxylic acids is 1. The van der Waals surface area contributed by atoms with E-state index in [0.717, 1.165) is 20.3 Å². The summed E-state index contributed by atoms with van der Waals surface area (Å²) in [6, 6.07) is -1.59. The lowest BCUT2D eigenvalue weighted by Gasteiger charge is -2.48. The molecule has 1 amide bonds. The van der Waals surface area contributed by atoms with Gasteiger partial charge in [0.05, 0.1) is 35.0 Å². The van der Waals surface area contributed by atoms with Crippen molar-refractivity contribution in [3.63, 3.8) is 0 Å². The number of hydrogen-bond donors (Lipinski definition) is 3. The molecule has 0 spiro atoms. The zero-order valence-corrected chi connectivity index (χ0v) is 18.4. The third-order valence-corrected chi connectivity index (χ3v) is 7.97. The zero-order chi connectivity index (χ0) is 21.9. The smallest absolute Gasteiger partial charge is 0.250 e. The zero-order valence-electron chi connectivity index (χ0n) is 16.8. The molecule has 0 aromatic carbocycles. The number of fused-ring (bicyclic) bond motifs is 2. The molecular formula is C19H24N4O5S2. The SMILES string of the molecule is CSc1c2sc(C3=C(C)[C@@H]4[C@@H]([C@@H](C)O)C(=O)N4C3C(=O)[O-])cn2c[n+]1C[C@H](O)CN. The van der Waals surface area contributed by atoms with E-state index in [1.54, 1.807) is 6.92 Å². The Balaban J connectivity index is 1.78. The molecule has 0 saturated carbocycles. The van der Waals surface area contributed by atoms with Crippen molar-refractivity contribution in [2.24, 2.45) is 11.7 Å². The Morgan fingerprint density at radius 3 is 2.73 bits per heavy atom. The Labute approximate surface area is 181 Å². The lowest BCUT2D eigenvalue weighted by Crippen LogP contribution is -2.67. The number of amides is 1. The third-order valence-electron chi connectivity index (χ3n) is 5.89. The molecule has 4 heterocycles. The summed E-state index contributed by atoms with van der Waals surface area (Å²) in [6.07, 6.45) is 4.10. The number of carbonyl (C=O) groups is 2. The van der Waals surface area contributed by atoms with Gasteiger partial charge in [0.15, 0.2) is 0 Å². The van der Waals surface area contributed by atoms with E-state index in [1.165, 1.54) is 28.0 Å². The van der Waals surface area contributed by atoms with Gasteiger partial charge in [0, 0.05) is 12.1 Å². The van der Waals surface area contributed by atoms with Crippen LogP contribution in [0.1, 0.15) is 18.7 Å². The van der Waals surface area contributed by atoms with E-state index in [-0.39, 0.29) is 12.5 Å². The molecule has 0 radical (unpaired) electrons. The number of thioether (sulfide) groups is 1. The topological polar surface area (TPSA) is 135 Å². The predicted molar refractivity (Wildman–Crippen MR) is 110 cm³/mol. The third kappa shape index (κ3) is 2.99. The standard InChI is InChI=1S/C19H24N4O5S2/c1-8-12(15(19(27)28)23-14(8)13(9(2)24)16(23)26)11-6-22-7-21(5-10(25)4-20)17(29-3)18(22)30-11/h6-7,9-10,13-15,24-25H,4-5,20H2,1-3H3/t9-,10-,13-,14-,15?/m1/s1. The van der Waals surface area contributed by atoms with Gasteiger partial charge < -0.3 is 30.7 Å². The van der Waals surface area contributed by atoms with Gasteiger partial charge in [-0.3, -0.25) is 4.79 Å². The summed E-state index contributed by atoms with van der Waals surface area (Å²) in [7, 11) is 0. The average Bonchev–Trinajstić information content (AvgIpc) is 3.28. The molecule has 1 saturated heterocycles.